The van der Waals surface area contributed by atoms with Gasteiger partial charge in [0.15, 0.2) is 5.82 Å². The van der Waals surface area contributed by atoms with Crippen LogP contribution in [0.25, 0.3) is 32.3 Å². The molecule has 146 valence electrons. The van der Waals surface area contributed by atoms with E-state index in [1.54, 1.807) is 24.3 Å². The van der Waals surface area contributed by atoms with Gasteiger partial charge in [-0.2, -0.15) is 0 Å². The number of tetrazole rings is 1. The van der Waals surface area contributed by atoms with E-state index >= 15 is 0 Å². The number of aromatic amines is 1. The van der Waals surface area contributed by atoms with Crippen molar-refractivity contribution in [1.82, 2.24) is 20.6 Å². The van der Waals surface area contributed by atoms with Gasteiger partial charge >= 0.3 is 5.97 Å². The number of nitrogens with zero attached hydrogens (tertiary/aromatic N) is 3. The molecule has 0 saturated heterocycles. The fraction of sp³-hybridized carbons (Fsp3) is 0.143. The minimum Gasteiger partial charge on any atom is -0.462 e. The lowest BCUT2D eigenvalue weighted by Crippen LogP contribution is -2.04. The third-order valence-corrected chi connectivity index (χ3v) is 5.85. The molecule has 0 fully saturated rings. The average molecular weight is 425 g/mol. The van der Waals surface area contributed by atoms with Crippen LogP contribution in [0.5, 0.6) is 0 Å². The molecule has 0 bridgehead atoms. The molecule has 0 aliphatic carbocycles. The summed E-state index contributed by atoms with van der Waals surface area (Å²) in [7, 11) is 0. The number of aromatic nitrogens is 4. The molecule has 1 N–H and O–H groups in total. The maximum atomic E-state index is 12.2. The summed E-state index contributed by atoms with van der Waals surface area (Å²) in [5.41, 5.74) is 4.57. The van der Waals surface area contributed by atoms with Crippen molar-refractivity contribution in [2.75, 3.05) is 6.61 Å². The number of benzene rings is 2. The van der Waals surface area contributed by atoms with E-state index in [-0.39, 0.29) is 5.97 Å². The molecule has 0 aliphatic heterocycles. The summed E-state index contributed by atoms with van der Waals surface area (Å²) < 4.78 is 5.15. The van der Waals surface area contributed by atoms with Crippen molar-refractivity contribution >= 4 is 28.9 Å². The maximum absolute atomic E-state index is 12.2. The van der Waals surface area contributed by atoms with Gasteiger partial charge in [0.2, 0.25) is 0 Å². The quantitative estimate of drug-likeness (QED) is 0.434. The van der Waals surface area contributed by atoms with Crippen molar-refractivity contribution in [3.8, 4) is 32.3 Å². The van der Waals surface area contributed by atoms with E-state index in [4.69, 9.17) is 16.3 Å². The number of rotatable bonds is 5. The lowest BCUT2D eigenvalue weighted by atomic mass is 9.97. The van der Waals surface area contributed by atoms with Crippen molar-refractivity contribution in [3.63, 3.8) is 0 Å². The van der Waals surface area contributed by atoms with Crippen LogP contribution in [-0.4, -0.2) is 33.2 Å². The Morgan fingerprint density at radius 2 is 2.03 bits per heavy atom. The second-order valence-corrected chi connectivity index (χ2v) is 7.85. The smallest absolute Gasteiger partial charge is 0.338 e. The lowest BCUT2D eigenvalue weighted by Gasteiger charge is -2.09. The van der Waals surface area contributed by atoms with Crippen LogP contribution in [0, 0.1) is 6.92 Å². The zero-order valence-electron chi connectivity index (χ0n) is 15.8. The summed E-state index contributed by atoms with van der Waals surface area (Å²) >= 11 is 7.71. The lowest BCUT2D eigenvalue weighted by molar-refractivity contribution is 0.0526. The van der Waals surface area contributed by atoms with Crippen molar-refractivity contribution in [3.05, 3.63) is 64.7 Å². The Bertz CT molecular complexity index is 1170. The summed E-state index contributed by atoms with van der Waals surface area (Å²) in [5.74, 6) is 0.255. The fourth-order valence-electron chi connectivity index (χ4n) is 3.12. The molecule has 0 aliphatic rings. The molecule has 6 nitrogen and oxygen atoms in total. The Morgan fingerprint density at radius 1 is 1.17 bits per heavy atom. The number of aryl methyl sites for hydroxylation is 1. The zero-order chi connectivity index (χ0) is 20.4. The predicted octanol–water partition coefficient (Wildman–Crippen LogP) is 5.40. The molecule has 2 aromatic heterocycles. The van der Waals surface area contributed by atoms with Crippen molar-refractivity contribution in [2.24, 2.45) is 0 Å². The summed E-state index contributed by atoms with van der Waals surface area (Å²) in [6.07, 6.45) is 0. The summed E-state index contributed by atoms with van der Waals surface area (Å²) in [5, 5.41) is 14.9. The van der Waals surface area contributed by atoms with E-state index in [0.717, 1.165) is 32.0 Å². The Balaban J connectivity index is 1.88. The molecule has 4 rings (SSSR count). The third-order valence-electron chi connectivity index (χ3n) is 4.43. The van der Waals surface area contributed by atoms with Crippen LogP contribution < -0.4 is 0 Å². The number of nitrogens with one attached hydrogen (secondary N) is 1. The van der Waals surface area contributed by atoms with Crippen LogP contribution in [0.3, 0.4) is 0 Å². The van der Waals surface area contributed by atoms with Gasteiger partial charge in [0.1, 0.15) is 0 Å². The Kier molecular flexibility index (Phi) is 5.42. The van der Waals surface area contributed by atoms with Gasteiger partial charge in [-0.1, -0.05) is 29.8 Å². The highest BCUT2D eigenvalue weighted by atomic mass is 35.5. The number of hydrogen-bond donors (Lipinski definition) is 1. The van der Waals surface area contributed by atoms with Crippen LogP contribution in [0.15, 0.2) is 48.5 Å². The van der Waals surface area contributed by atoms with Crippen LogP contribution in [-0.2, 0) is 4.74 Å². The van der Waals surface area contributed by atoms with Crippen LogP contribution >= 0.6 is 22.9 Å². The largest absolute Gasteiger partial charge is 0.462 e. The number of carbonyl (C=O) groups is 1. The van der Waals surface area contributed by atoms with Gasteiger partial charge < -0.3 is 4.74 Å². The third kappa shape index (κ3) is 3.92. The first-order valence-electron chi connectivity index (χ1n) is 8.99. The van der Waals surface area contributed by atoms with E-state index in [9.17, 15) is 4.79 Å². The monoisotopic (exact) mass is 424 g/mol. The first-order chi connectivity index (χ1) is 14.1. The molecule has 0 spiro atoms. The Hall–Kier alpha value is -3.03. The van der Waals surface area contributed by atoms with Gasteiger partial charge in [-0.15, -0.1) is 16.4 Å². The molecule has 0 atom stereocenters. The number of H-pyrrole nitrogens is 1. The second-order valence-electron chi connectivity index (χ2n) is 6.36. The Morgan fingerprint density at radius 3 is 2.76 bits per heavy atom. The molecule has 8 heteroatoms. The molecule has 0 unspecified atom stereocenters. The molecule has 2 aromatic carbocycles. The zero-order valence-corrected chi connectivity index (χ0v) is 17.3. The first-order valence-corrected chi connectivity index (χ1v) is 10.2. The second kappa shape index (κ2) is 8.14. The van der Waals surface area contributed by atoms with Crippen molar-refractivity contribution in [1.29, 1.82) is 0 Å². The fourth-order valence-corrected chi connectivity index (χ4v) is 4.45. The SMILES string of the molecule is CCOC(=O)c1cccc(-c2sc(-c3nnn[nH]3)cc2-c2ccc(Cl)cc2C)c1. The van der Waals surface area contributed by atoms with Crippen LogP contribution in [0.2, 0.25) is 5.02 Å². The van der Waals surface area contributed by atoms with Gasteiger partial charge in [0.25, 0.3) is 0 Å². The number of esters is 1. The standard InChI is InChI=1S/C21H17ClN4O2S/c1-3-28-21(27)14-6-4-5-13(10-14)19-17(16-8-7-15(22)9-12(16)2)11-18(29-19)20-23-25-26-24-20/h4-11H,3H2,1-2H3,(H,23,24,25,26). The van der Waals surface area contributed by atoms with Gasteiger partial charge in [-0.25, -0.2) is 9.89 Å². The number of hydrogen-bond acceptors (Lipinski definition) is 6. The maximum Gasteiger partial charge on any atom is 0.338 e. The number of carbonyl (C=O) groups excluding carboxylic acids is 1. The van der Waals surface area contributed by atoms with E-state index in [0.29, 0.717) is 23.0 Å². The molecular formula is C21H17ClN4O2S. The van der Waals surface area contributed by atoms with Crippen LogP contribution in [0.1, 0.15) is 22.8 Å². The van der Waals surface area contributed by atoms with Gasteiger partial charge in [-0.05, 0) is 71.3 Å². The molecular weight excluding hydrogens is 408 g/mol. The topological polar surface area (TPSA) is 80.8 Å². The Labute approximate surface area is 176 Å². The highest BCUT2D eigenvalue weighted by Crippen LogP contribution is 2.43. The van der Waals surface area contributed by atoms with E-state index in [2.05, 4.69) is 26.7 Å². The molecule has 0 amide bonds. The summed E-state index contributed by atoms with van der Waals surface area (Å²) in [4.78, 5) is 14.1. The molecule has 0 radical (unpaired) electrons. The summed E-state index contributed by atoms with van der Waals surface area (Å²) in [6, 6.07) is 15.3. The van der Waals surface area contributed by atoms with Crippen molar-refractivity contribution < 1.29 is 9.53 Å². The minimum absolute atomic E-state index is 0.333. The van der Waals surface area contributed by atoms with Crippen molar-refractivity contribution in [2.45, 2.75) is 13.8 Å². The highest BCUT2D eigenvalue weighted by Gasteiger charge is 2.18. The first kappa shape index (κ1) is 19.3. The van der Waals surface area contributed by atoms with Gasteiger partial charge in [-0.3, -0.25) is 0 Å². The minimum atomic E-state index is -0.338. The number of halogens is 1. The van der Waals surface area contributed by atoms with Crippen LogP contribution in [0.4, 0.5) is 0 Å². The van der Waals surface area contributed by atoms with E-state index in [1.807, 2.05) is 43.3 Å². The number of ether oxygens (including phenoxy) is 1. The molecule has 0 saturated carbocycles. The number of thiophene rings is 1. The molecule has 4 aromatic rings. The predicted molar refractivity (Wildman–Crippen MR) is 114 cm³/mol. The van der Waals surface area contributed by atoms with Gasteiger partial charge in [0, 0.05) is 15.5 Å². The summed E-state index contributed by atoms with van der Waals surface area (Å²) in [6.45, 7) is 4.15. The van der Waals surface area contributed by atoms with E-state index < -0.39 is 0 Å². The highest BCUT2D eigenvalue weighted by molar-refractivity contribution is 7.19. The normalized spacial score (nSPS) is 10.9. The van der Waals surface area contributed by atoms with Gasteiger partial charge in [0.05, 0.1) is 17.0 Å². The van der Waals surface area contributed by atoms with E-state index in [1.165, 1.54) is 0 Å². The average Bonchev–Trinajstić information content (AvgIpc) is 3.38. The molecule has 29 heavy (non-hydrogen) atoms. The molecule has 2 heterocycles.